The van der Waals surface area contributed by atoms with Gasteiger partial charge in [-0.25, -0.2) is 4.98 Å². The molecule has 8 heteroatoms. The van der Waals surface area contributed by atoms with Crippen molar-refractivity contribution in [1.29, 1.82) is 0 Å². The molecule has 1 aromatic heterocycles. The van der Waals surface area contributed by atoms with Crippen LogP contribution in [0.4, 0.5) is 13.2 Å². The van der Waals surface area contributed by atoms with Crippen molar-refractivity contribution in [3.63, 3.8) is 0 Å². The van der Waals surface area contributed by atoms with Gasteiger partial charge in [0.2, 0.25) is 0 Å². The molecular formula is C15H13F3N2O3. The zero-order chi connectivity index (χ0) is 17.0. The topological polar surface area (TPSA) is 68.3 Å². The van der Waals surface area contributed by atoms with Crippen LogP contribution in [0.2, 0.25) is 0 Å². The van der Waals surface area contributed by atoms with E-state index in [2.05, 4.69) is 15.0 Å². The number of hydrogen-bond donors (Lipinski definition) is 1. The van der Waals surface area contributed by atoms with Crippen LogP contribution in [-0.2, 0) is 15.7 Å². The van der Waals surface area contributed by atoms with Gasteiger partial charge in [0.05, 0.1) is 12.1 Å². The number of carbonyl (C=O) groups is 2. The third-order valence-electron chi connectivity index (χ3n) is 2.97. The fraction of sp³-hybridized carbons (Fsp3) is 0.267. The lowest BCUT2D eigenvalue weighted by molar-refractivity contribution is -0.142. The highest BCUT2D eigenvalue weighted by Gasteiger charge is 2.32. The minimum Gasteiger partial charge on any atom is -0.465 e. The average Bonchev–Trinajstić information content (AvgIpc) is 2.51. The van der Waals surface area contributed by atoms with Gasteiger partial charge in [0.15, 0.2) is 0 Å². The number of ether oxygens (including phenoxy) is 1. The highest BCUT2D eigenvalue weighted by atomic mass is 19.4. The number of amides is 1. The van der Waals surface area contributed by atoms with Crippen molar-refractivity contribution in [2.75, 3.05) is 13.2 Å². The Kier molecular flexibility index (Phi) is 4.83. The van der Waals surface area contributed by atoms with Gasteiger partial charge in [-0.15, -0.1) is 0 Å². The van der Waals surface area contributed by atoms with Crippen LogP contribution in [0.1, 0.15) is 23.0 Å². The fourth-order valence-corrected chi connectivity index (χ4v) is 1.97. The Labute approximate surface area is 129 Å². The number of hydrogen-bond acceptors (Lipinski definition) is 4. The van der Waals surface area contributed by atoms with Crippen LogP contribution in [-0.4, -0.2) is 30.0 Å². The van der Waals surface area contributed by atoms with Crippen LogP contribution in [0.3, 0.4) is 0 Å². The van der Waals surface area contributed by atoms with Crippen molar-refractivity contribution in [1.82, 2.24) is 10.3 Å². The Morgan fingerprint density at radius 3 is 2.61 bits per heavy atom. The molecule has 0 radical (unpaired) electrons. The first-order valence-electron chi connectivity index (χ1n) is 6.73. The number of esters is 1. The van der Waals surface area contributed by atoms with Crippen molar-refractivity contribution < 1.29 is 27.5 Å². The molecule has 1 amide bonds. The van der Waals surface area contributed by atoms with E-state index in [0.29, 0.717) is 0 Å². The zero-order valence-corrected chi connectivity index (χ0v) is 12.1. The van der Waals surface area contributed by atoms with Crippen molar-refractivity contribution in [2.24, 2.45) is 0 Å². The molecule has 0 atom stereocenters. The van der Waals surface area contributed by atoms with Gasteiger partial charge in [0.25, 0.3) is 5.91 Å². The lowest BCUT2D eigenvalue weighted by Gasteiger charge is -2.10. The predicted molar refractivity (Wildman–Crippen MR) is 75.7 cm³/mol. The minimum absolute atomic E-state index is 0.0450. The molecule has 2 aromatic rings. The third-order valence-corrected chi connectivity index (χ3v) is 2.97. The summed E-state index contributed by atoms with van der Waals surface area (Å²) < 4.78 is 42.7. The van der Waals surface area contributed by atoms with Crippen LogP contribution in [0.15, 0.2) is 30.3 Å². The number of nitrogens with one attached hydrogen (secondary N) is 1. The molecule has 0 bridgehead atoms. The summed E-state index contributed by atoms with van der Waals surface area (Å²) in [6.45, 7) is 1.50. The Hall–Kier alpha value is -2.64. The number of halogens is 3. The lowest BCUT2D eigenvalue weighted by atomic mass is 10.1. The smallest absolute Gasteiger partial charge is 0.433 e. The quantitative estimate of drug-likeness (QED) is 0.877. The number of carbonyl (C=O) groups excluding carboxylic acids is 2. The van der Waals surface area contributed by atoms with Crippen LogP contribution in [0, 0.1) is 0 Å². The molecule has 0 aliphatic heterocycles. The molecule has 0 saturated heterocycles. The molecule has 0 aliphatic rings. The molecule has 0 spiro atoms. The van der Waals surface area contributed by atoms with Gasteiger partial charge in [-0.05, 0) is 31.2 Å². The second-order valence-corrected chi connectivity index (χ2v) is 4.55. The van der Waals surface area contributed by atoms with Crippen molar-refractivity contribution in [2.45, 2.75) is 13.1 Å². The maximum absolute atomic E-state index is 12.7. The van der Waals surface area contributed by atoms with E-state index >= 15 is 0 Å². The monoisotopic (exact) mass is 326 g/mol. The van der Waals surface area contributed by atoms with E-state index in [4.69, 9.17) is 0 Å². The van der Waals surface area contributed by atoms with Gasteiger partial charge in [-0.2, -0.15) is 13.2 Å². The fourth-order valence-electron chi connectivity index (χ4n) is 1.97. The highest BCUT2D eigenvalue weighted by Crippen LogP contribution is 2.29. The van der Waals surface area contributed by atoms with Crippen molar-refractivity contribution >= 4 is 22.8 Å². The predicted octanol–water partition coefficient (Wildman–Crippen LogP) is 2.55. The second kappa shape index (κ2) is 6.64. The van der Waals surface area contributed by atoms with Gasteiger partial charge in [0, 0.05) is 10.9 Å². The molecule has 2 rings (SSSR count). The Bertz CT molecular complexity index is 744. The number of nitrogens with zero attached hydrogens (tertiary/aromatic N) is 1. The van der Waals surface area contributed by atoms with Gasteiger partial charge in [-0.1, -0.05) is 6.07 Å². The third kappa shape index (κ3) is 3.97. The number of fused-ring (bicyclic) bond motifs is 1. The van der Waals surface area contributed by atoms with E-state index < -0.39 is 23.7 Å². The molecule has 0 unspecified atom stereocenters. The highest BCUT2D eigenvalue weighted by molar-refractivity contribution is 6.06. The molecule has 1 N–H and O–H groups in total. The number of rotatable bonds is 4. The first-order valence-corrected chi connectivity index (χ1v) is 6.73. The number of alkyl halides is 3. The number of pyridine rings is 1. The van der Waals surface area contributed by atoms with Crippen LogP contribution >= 0.6 is 0 Å². The maximum Gasteiger partial charge on any atom is 0.433 e. The van der Waals surface area contributed by atoms with Crippen LogP contribution < -0.4 is 5.32 Å². The van der Waals surface area contributed by atoms with Crippen molar-refractivity contribution in [3.8, 4) is 0 Å². The zero-order valence-electron chi connectivity index (χ0n) is 12.1. The lowest BCUT2D eigenvalue weighted by Crippen LogP contribution is -2.30. The molecule has 1 heterocycles. The number of aromatic nitrogens is 1. The first kappa shape index (κ1) is 16.7. The van der Waals surface area contributed by atoms with Gasteiger partial charge >= 0.3 is 12.1 Å². The summed E-state index contributed by atoms with van der Waals surface area (Å²) in [5, 5.41) is 2.62. The number of benzene rings is 1. The largest absolute Gasteiger partial charge is 0.465 e. The van der Waals surface area contributed by atoms with Gasteiger partial charge < -0.3 is 10.1 Å². The van der Waals surface area contributed by atoms with E-state index in [0.717, 1.165) is 6.07 Å². The summed E-state index contributed by atoms with van der Waals surface area (Å²) in [6, 6.07) is 6.24. The minimum atomic E-state index is -4.56. The Morgan fingerprint density at radius 2 is 1.96 bits per heavy atom. The summed E-state index contributed by atoms with van der Waals surface area (Å²) >= 11 is 0. The standard InChI is InChI=1S/C15H13F3N2O3/c1-2-23-13(21)8-19-14(22)10-4-3-5-11-9(10)6-7-12(20-11)15(16,17)18/h3-7H,2,8H2,1H3,(H,19,22). The van der Waals surface area contributed by atoms with E-state index in [1.807, 2.05) is 0 Å². The van der Waals surface area contributed by atoms with Crippen molar-refractivity contribution in [3.05, 3.63) is 41.6 Å². The molecule has 0 aliphatic carbocycles. The first-order chi connectivity index (χ1) is 10.8. The SMILES string of the molecule is CCOC(=O)CNC(=O)c1cccc2nc(C(F)(F)F)ccc12. The molecule has 0 fully saturated rings. The van der Waals surface area contributed by atoms with E-state index in [9.17, 15) is 22.8 Å². The molecule has 0 saturated carbocycles. The summed E-state index contributed by atoms with van der Waals surface area (Å²) in [4.78, 5) is 26.8. The molecular weight excluding hydrogens is 313 g/mol. The van der Waals surface area contributed by atoms with Gasteiger partial charge in [-0.3, -0.25) is 9.59 Å². The van der Waals surface area contributed by atoms with E-state index in [1.54, 1.807) is 6.92 Å². The summed E-state index contributed by atoms with van der Waals surface area (Å²) in [6.07, 6.45) is -4.56. The molecule has 23 heavy (non-hydrogen) atoms. The Balaban J connectivity index is 2.27. The molecule has 122 valence electrons. The molecule has 1 aromatic carbocycles. The van der Waals surface area contributed by atoms with E-state index in [-0.39, 0.29) is 29.6 Å². The normalized spacial score (nSPS) is 11.3. The Morgan fingerprint density at radius 1 is 1.22 bits per heavy atom. The summed E-state index contributed by atoms with van der Waals surface area (Å²) in [7, 11) is 0. The van der Waals surface area contributed by atoms with Crippen LogP contribution in [0.5, 0.6) is 0 Å². The van der Waals surface area contributed by atoms with Gasteiger partial charge in [0.1, 0.15) is 12.2 Å². The summed E-state index contributed by atoms with van der Waals surface area (Å²) in [5.41, 5.74) is -0.856. The average molecular weight is 326 g/mol. The maximum atomic E-state index is 12.7. The summed E-state index contributed by atoms with van der Waals surface area (Å²) in [5.74, 6) is -1.19. The molecule has 5 nitrogen and oxygen atoms in total. The van der Waals surface area contributed by atoms with Crippen LogP contribution in [0.25, 0.3) is 10.9 Å². The van der Waals surface area contributed by atoms with E-state index in [1.165, 1.54) is 24.3 Å². The second-order valence-electron chi connectivity index (χ2n) is 4.55.